The molecular formula is C13H19NO2. The first-order chi connectivity index (χ1) is 7.79. The van der Waals surface area contributed by atoms with Crippen LogP contribution in [-0.4, -0.2) is 5.97 Å². The van der Waals surface area contributed by atoms with Gasteiger partial charge in [0.25, 0.3) is 0 Å². The monoisotopic (exact) mass is 221 g/mol. The summed E-state index contributed by atoms with van der Waals surface area (Å²) in [7, 11) is 0. The Labute approximate surface area is 96.6 Å². The second-order valence-corrected chi connectivity index (χ2v) is 3.87. The molecule has 0 heterocycles. The van der Waals surface area contributed by atoms with Crippen LogP contribution in [0.2, 0.25) is 0 Å². The summed E-state index contributed by atoms with van der Waals surface area (Å²) < 4.78 is 0. The Morgan fingerprint density at radius 3 is 2.69 bits per heavy atom. The smallest absolute Gasteiger partial charge is 0.356 e. The molecular weight excluding hydrogens is 202 g/mol. The first kappa shape index (κ1) is 12.7. The Bertz CT molecular complexity index is 336. The molecule has 0 amide bonds. The van der Waals surface area contributed by atoms with Crippen molar-refractivity contribution >= 4 is 5.97 Å². The molecule has 0 spiro atoms. The summed E-state index contributed by atoms with van der Waals surface area (Å²) in [6.45, 7) is 2.18. The molecule has 1 aromatic carbocycles. The molecule has 0 unspecified atom stereocenters. The van der Waals surface area contributed by atoms with Crippen LogP contribution in [0.3, 0.4) is 0 Å². The minimum absolute atomic E-state index is 0.453. The molecule has 3 heteroatoms. The normalized spacial score (nSPS) is 10.1. The van der Waals surface area contributed by atoms with Gasteiger partial charge in [0.15, 0.2) is 0 Å². The molecule has 16 heavy (non-hydrogen) atoms. The third kappa shape index (κ3) is 3.66. The number of benzene rings is 1. The summed E-state index contributed by atoms with van der Waals surface area (Å²) in [5.74, 6) is 4.45. The van der Waals surface area contributed by atoms with Gasteiger partial charge in [-0.2, -0.15) is 5.90 Å². The minimum Gasteiger partial charge on any atom is -0.370 e. The predicted octanol–water partition coefficient (Wildman–Crippen LogP) is 2.84. The van der Waals surface area contributed by atoms with E-state index in [4.69, 9.17) is 5.90 Å². The Morgan fingerprint density at radius 2 is 2.00 bits per heavy atom. The van der Waals surface area contributed by atoms with Gasteiger partial charge in [0.05, 0.1) is 5.56 Å². The van der Waals surface area contributed by atoms with Crippen molar-refractivity contribution in [1.82, 2.24) is 0 Å². The Kier molecular flexibility index (Phi) is 5.57. The molecule has 1 aromatic rings. The number of nitrogens with two attached hydrogens (primary N) is 1. The second kappa shape index (κ2) is 7.01. The summed E-state index contributed by atoms with van der Waals surface area (Å²) in [6.07, 6.45) is 5.66. The van der Waals surface area contributed by atoms with Crippen molar-refractivity contribution in [3.05, 3.63) is 35.4 Å². The van der Waals surface area contributed by atoms with E-state index < -0.39 is 5.97 Å². The highest BCUT2D eigenvalue weighted by atomic mass is 16.7. The summed E-state index contributed by atoms with van der Waals surface area (Å²) >= 11 is 0. The van der Waals surface area contributed by atoms with Gasteiger partial charge in [-0.1, -0.05) is 44.4 Å². The van der Waals surface area contributed by atoms with Crippen molar-refractivity contribution in [2.75, 3.05) is 0 Å². The third-order valence-corrected chi connectivity index (χ3v) is 2.64. The van der Waals surface area contributed by atoms with Gasteiger partial charge in [0.1, 0.15) is 0 Å². The molecule has 0 aromatic heterocycles. The van der Waals surface area contributed by atoms with Gasteiger partial charge in [0.2, 0.25) is 0 Å². The highest BCUT2D eigenvalue weighted by Gasteiger charge is 2.10. The second-order valence-electron chi connectivity index (χ2n) is 3.87. The van der Waals surface area contributed by atoms with E-state index in [2.05, 4.69) is 11.8 Å². The summed E-state index contributed by atoms with van der Waals surface area (Å²) in [4.78, 5) is 15.6. The molecule has 0 atom stereocenters. The molecule has 0 saturated carbocycles. The summed E-state index contributed by atoms with van der Waals surface area (Å²) in [5, 5.41) is 0. The number of hydrogen-bond donors (Lipinski definition) is 1. The van der Waals surface area contributed by atoms with Crippen LogP contribution in [0, 0.1) is 0 Å². The van der Waals surface area contributed by atoms with Crippen molar-refractivity contribution in [2.45, 2.75) is 39.0 Å². The average molecular weight is 221 g/mol. The summed E-state index contributed by atoms with van der Waals surface area (Å²) in [5.41, 5.74) is 1.61. The number of aryl methyl sites for hydroxylation is 1. The molecule has 0 saturated heterocycles. The van der Waals surface area contributed by atoms with Crippen molar-refractivity contribution in [2.24, 2.45) is 5.90 Å². The van der Waals surface area contributed by atoms with E-state index in [-0.39, 0.29) is 0 Å². The zero-order valence-electron chi connectivity index (χ0n) is 9.74. The van der Waals surface area contributed by atoms with Crippen molar-refractivity contribution < 1.29 is 9.63 Å². The van der Waals surface area contributed by atoms with Crippen LogP contribution < -0.4 is 5.90 Å². The first-order valence-corrected chi connectivity index (χ1v) is 5.78. The molecule has 3 nitrogen and oxygen atoms in total. The maximum absolute atomic E-state index is 11.4. The molecule has 0 fully saturated rings. The third-order valence-electron chi connectivity index (χ3n) is 2.64. The molecule has 0 aliphatic rings. The van der Waals surface area contributed by atoms with Crippen LogP contribution in [0.4, 0.5) is 0 Å². The topological polar surface area (TPSA) is 52.3 Å². The van der Waals surface area contributed by atoms with Crippen molar-refractivity contribution in [3.63, 3.8) is 0 Å². The fourth-order valence-electron chi connectivity index (χ4n) is 1.74. The fourth-order valence-corrected chi connectivity index (χ4v) is 1.74. The van der Waals surface area contributed by atoms with E-state index in [0.29, 0.717) is 5.56 Å². The molecule has 0 radical (unpaired) electrons. The zero-order chi connectivity index (χ0) is 11.8. The van der Waals surface area contributed by atoms with Gasteiger partial charge in [-0.3, -0.25) is 0 Å². The molecule has 2 N–H and O–H groups in total. The van der Waals surface area contributed by atoms with Crippen LogP contribution in [-0.2, 0) is 11.3 Å². The highest BCUT2D eigenvalue weighted by molar-refractivity contribution is 5.90. The number of carbonyl (C=O) groups is 1. The Hall–Kier alpha value is -1.35. The van der Waals surface area contributed by atoms with Gasteiger partial charge in [-0.05, 0) is 24.5 Å². The lowest BCUT2D eigenvalue weighted by molar-refractivity contribution is 0.0502. The van der Waals surface area contributed by atoms with E-state index in [1.165, 1.54) is 19.3 Å². The quantitative estimate of drug-likeness (QED) is 0.593. The van der Waals surface area contributed by atoms with Crippen molar-refractivity contribution in [3.8, 4) is 0 Å². The standard InChI is InChI=1S/C13H19NO2/c1-2-3-4-5-8-11-9-6-7-10-12(11)13(15)16-14/h6-7,9-10H,2-5,8,14H2,1H3. The van der Waals surface area contributed by atoms with Gasteiger partial charge >= 0.3 is 5.97 Å². The van der Waals surface area contributed by atoms with Crippen LogP contribution in [0.25, 0.3) is 0 Å². The molecule has 0 bridgehead atoms. The SMILES string of the molecule is CCCCCCc1ccccc1C(=O)ON. The van der Waals surface area contributed by atoms with Crippen LogP contribution >= 0.6 is 0 Å². The first-order valence-electron chi connectivity index (χ1n) is 5.78. The maximum atomic E-state index is 11.4. The van der Waals surface area contributed by atoms with Crippen LogP contribution in [0.15, 0.2) is 24.3 Å². The molecule has 1 rings (SSSR count). The minimum atomic E-state index is -0.453. The predicted molar refractivity (Wildman–Crippen MR) is 63.9 cm³/mol. The highest BCUT2D eigenvalue weighted by Crippen LogP contribution is 2.13. The van der Waals surface area contributed by atoms with Crippen molar-refractivity contribution in [1.29, 1.82) is 0 Å². The van der Waals surface area contributed by atoms with Gasteiger partial charge < -0.3 is 4.84 Å². The Morgan fingerprint density at radius 1 is 1.25 bits per heavy atom. The van der Waals surface area contributed by atoms with E-state index in [9.17, 15) is 4.79 Å². The lowest BCUT2D eigenvalue weighted by atomic mass is 10.0. The fraction of sp³-hybridized carbons (Fsp3) is 0.462. The van der Waals surface area contributed by atoms with Gasteiger partial charge in [-0.25, -0.2) is 4.79 Å². The lowest BCUT2D eigenvalue weighted by Crippen LogP contribution is -2.12. The number of hydrogen-bond acceptors (Lipinski definition) is 3. The number of rotatable bonds is 6. The van der Waals surface area contributed by atoms with Crippen LogP contribution in [0.1, 0.15) is 48.5 Å². The maximum Gasteiger partial charge on any atom is 0.356 e. The zero-order valence-corrected chi connectivity index (χ0v) is 9.74. The molecule has 88 valence electrons. The summed E-state index contributed by atoms with van der Waals surface area (Å²) in [6, 6.07) is 7.47. The van der Waals surface area contributed by atoms with Crippen LogP contribution in [0.5, 0.6) is 0 Å². The largest absolute Gasteiger partial charge is 0.370 e. The lowest BCUT2D eigenvalue weighted by Gasteiger charge is -2.06. The van der Waals surface area contributed by atoms with E-state index in [0.717, 1.165) is 18.4 Å². The number of unbranched alkanes of at least 4 members (excludes halogenated alkanes) is 3. The van der Waals surface area contributed by atoms with Gasteiger partial charge in [-0.15, -0.1) is 0 Å². The van der Waals surface area contributed by atoms with Gasteiger partial charge in [0, 0.05) is 0 Å². The molecule has 0 aliphatic heterocycles. The number of carbonyl (C=O) groups excluding carboxylic acids is 1. The van der Waals surface area contributed by atoms with E-state index in [1.54, 1.807) is 6.07 Å². The Balaban J connectivity index is 2.60. The van der Waals surface area contributed by atoms with E-state index >= 15 is 0 Å². The average Bonchev–Trinajstić information content (AvgIpc) is 2.34. The molecule has 0 aliphatic carbocycles. The van der Waals surface area contributed by atoms with E-state index in [1.807, 2.05) is 18.2 Å².